The van der Waals surface area contributed by atoms with Crippen molar-refractivity contribution in [1.29, 1.82) is 0 Å². The summed E-state index contributed by atoms with van der Waals surface area (Å²) in [4.78, 5) is 48.8. The van der Waals surface area contributed by atoms with Crippen LogP contribution in [-0.2, 0) is 16.1 Å². The fraction of sp³-hybridized carbons (Fsp3) is 0.161. The van der Waals surface area contributed by atoms with Crippen molar-refractivity contribution in [2.75, 3.05) is 19.1 Å². The third-order valence-electron chi connectivity index (χ3n) is 6.96. The number of anilines is 1. The van der Waals surface area contributed by atoms with E-state index in [-0.39, 0.29) is 18.9 Å². The third-order valence-corrected chi connectivity index (χ3v) is 7.82. The second-order valence-corrected chi connectivity index (χ2v) is 10.4. The molecule has 1 unspecified atom stereocenters. The third kappa shape index (κ3) is 4.93. The fourth-order valence-corrected chi connectivity index (χ4v) is 5.61. The summed E-state index contributed by atoms with van der Waals surface area (Å²) < 4.78 is 16.5. The molecule has 206 valence electrons. The molecule has 0 spiro atoms. The molecule has 1 aliphatic rings. The fourth-order valence-electron chi connectivity index (χ4n) is 4.91. The second-order valence-electron chi connectivity index (χ2n) is 9.40. The zero-order valence-electron chi connectivity index (χ0n) is 22.3. The smallest absolute Gasteiger partial charge is 0.257 e. The predicted octanol–water partition coefficient (Wildman–Crippen LogP) is 5.55. The molecule has 10 heteroatoms. The van der Waals surface area contributed by atoms with Gasteiger partial charge in [0.2, 0.25) is 11.8 Å². The molecule has 5 aromatic rings. The van der Waals surface area contributed by atoms with Crippen LogP contribution < -0.4 is 14.4 Å². The van der Waals surface area contributed by atoms with Gasteiger partial charge >= 0.3 is 0 Å². The summed E-state index contributed by atoms with van der Waals surface area (Å²) in [6, 6.07) is 22.0. The lowest BCUT2D eigenvalue weighted by Gasteiger charge is -2.27. The first-order valence-electron chi connectivity index (χ1n) is 12.8. The van der Waals surface area contributed by atoms with Crippen molar-refractivity contribution < 1.29 is 28.3 Å². The summed E-state index contributed by atoms with van der Waals surface area (Å²) in [5.74, 6) is 0.0780. The summed E-state index contributed by atoms with van der Waals surface area (Å²) in [7, 11) is 3.00. The Morgan fingerprint density at radius 1 is 1.00 bits per heavy atom. The highest BCUT2D eigenvalue weighted by Gasteiger charge is 2.44. The van der Waals surface area contributed by atoms with Gasteiger partial charge in [-0.1, -0.05) is 18.2 Å². The van der Waals surface area contributed by atoms with Gasteiger partial charge in [-0.25, -0.2) is 9.88 Å². The van der Waals surface area contributed by atoms with E-state index < -0.39 is 17.9 Å². The average molecular weight is 568 g/mol. The molecule has 0 radical (unpaired) electrons. The lowest BCUT2D eigenvalue weighted by molar-refractivity contribution is -0.122. The molecule has 41 heavy (non-hydrogen) atoms. The van der Waals surface area contributed by atoms with Crippen LogP contribution in [-0.4, -0.2) is 47.9 Å². The summed E-state index contributed by atoms with van der Waals surface area (Å²) in [5, 5.41) is 1.90. The molecule has 1 saturated heterocycles. The number of fused-ring (bicyclic) bond motifs is 1. The molecule has 3 amide bonds. The maximum absolute atomic E-state index is 13.8. The van der Waals surface area contributed by atoms with E-state index in [2.05, 4.69) is 4.98 Å². The number of imide groups is 1. The summed E-state index contributed by atoms with van der Waals surface area (Å²) in [6.07, 6.45) is -0.129. The number of oxazole rings is 1. The highest BCUT2D eigenvalue weighted by atomic mass is 32.1. The van der Waals surface area contributed by atoms with Gasteiger partial charge in [-0.15, -0.1) is 11.3 Å². The van der Waals surface area contributed by atoms with E-state index in [4.69, 9.17) is 13.9 Å². The monoisotopic (exact) mass is 567 g/mol. The number of para-hydroxylation sites is 2. The van der Waals surface area contributed by atoms with Crippen molar-refractivity contribution in [2.45, 2.75) is 19.0 Å². The molecule has 0 saturated carbocycles. The van der Waals surface area contributed by atoms with E-state index in [0.717, 1.165) is 15.3 Å². The molecule has 9 nitrogen and oxygen atoms in total. The molecule has 0 aliphatic carbocycles. The number of amides is 3. The van der Waals surface area contributed by atoms with E-state index in [1.54, 1.807) is 42.5 Å². The molecule has 0 N–H and O–H groups in total. The highest BCUT2D eigenvalue weighted by Crippen LogP contribution is 2.33. The number of hydrogen-bond acceptors (Lipinski definition) is 8. The SMILES string of the molecule is COc1ccc(C(=O)N(Cc2cccs2)C2CC(=O)N(c3ccc(-c4nc5ccccc5o4)cc3)C2=O)cc1OC. The topological polar surface area (TPSA) is 102 Å². The van der Waals surface area contributed by atoms with Crippen LogP contribution in [0.4, 0.5) is 5.69 Å². The number of nitrogens with zero attached hydrogens (tertiary/aromatic N) is 3. The van der Waals surface area contributed by atoms with E-state index in [0.29, 0.717) is 39.8 Å². The summed E-state index contributed by atoms with van der Waals surface area (Å²) in [5.41, 5.74) is 2.86. The minimum Gasteiger partial charge on any atom is -0.493 e. The van der Waals surface area contributed by atoms with Gasteiger partial charge in [-0.2, -0.15) is 0 Å². The van der Waals surface area contributed by atoms with Crippen LogP contribution in [0.2, 0.25) is 0 Å². The number of carbonyl (C=O) groups excluding carboxylic acids is 3. The van der Waals surface area contributed by atoms with E-state index in [1.165, 1.54) is 30.5 Å². The molecule has 1 aliphatic heterocycles. The lowest BCUT2D eigenvalue weighted by Crippen LogP contribution is -2.45. The van der Waals surface area contributed by atoms with Crippen LogP contribution in [0.25, 0.3) is 22.6 Å². The Bertz CT molecular complexity index is 1710. The zero-order chi connectivity index (χ0) is 28.5. The van der Waals surface area contributed by atoms with Crippen molar-refractivity contribution in [3.8, 4) is 23.0 Å². The number of ether oxygens (including phenoxy) is 2. The summed E-state index contributed by atoms with van der Waals surface area (Å²) >= 11 is 1.47. The minimum absolute atomic E-state index is 0.129. The Kier molecular flexibility index (Phi) is 6.98. The van der Waals surface area contributed by atoms with Gasteiger partial charge in [-0.05, 0) is 66.0 Å². The number of carbonyl (C=O) groups is 3. The molecular weight excluding hydrogens is 542 g/mol. The number of aromatic nitrogens is 1. The second kappa shape index (κ2) is 10.9. The number of methoxy groups -OCH3 is 2. The van der Waals surface area contributed by atoms with E-state index in [1.807, 2.05) is 41.8 Å². The molecular formula is C31H25N3O6S. The van der Waals surface area contributed by atoms with Gasteiger partial charge in [-0.3, -0.25) is 14.4 Å². The summed E-state index contributed by atoms with van der Waals surface area (Å²) in [6.45, 7) is 0.180. The molecule has 6 rings (SSSR count). The number of benzene rings is 3. The van der Waals surface area contributed by atoms with Crippen molar-refractivity contribution in [3.05, 3.63) is 94.7 Å². The zero-order valence-corrected chi connectivity index (χ0v) is 23.1. The molecule has 0 bridgehead atoms. The maximum Gasteiger partial charge on any atom is 0.257 e. The highest BCUT2D eigenvalue weighted by molar-refractivity contribution is 7.09. The van der Waals surface area contributed by atoms with Crippen LogP contribution in [0.3, 0.4) is 0 Å². The Morgan fingerprint density at radius 3 is 2.49 bits per heavy atom. The van der Waals surface area contributed by atoms with Crippen molar-refractivity contribution >= 4 is 45.8 Å². The van der Waals surface area contributed by atoms with Gasteiger partial charge in [0.05, 0.1) is 32.9 Å². The first-order valence-corrected chi connectivity index (χ1v) is 13.7. The van der Waals surface area contributed by atoms with Crippen LogP contribution in [0, 0.1) is 0 Å². The Morgan fingerprint density at radius 2 is 1.78 bits per heavy atom. The average Bonchev–Trinajstić information content (AvgIpc) is 3.74. The van der Waals surface area contributed by atoms with Crippen LogP contribution >= 0.6 is 11.3 Å². The standard InChI is InChI=1S/C31H25N3O6S/c1-38-26-14-11-20(16-27(26)39-2)30(36)33(18-22-6-5-15-41-22)24-17-28(35)34(31(24)37)21-12-9-19(10-13-21)29-32-23-7-3-4-8-25(23)40-29/h3-16,24H,17-18H2,1-2H3. The maximum atomic E-state index is 13.8. The molecule has 3 aromatic carbocycles. The molecule has 3 heterocycles. The first kappa shape index (κ1) is 26.3. The van der Waals surface area contributed by atoms with Crippen molar-refractivity contribution in [2.24, 2.45) is 0 Å². The quantitative estimate of drug-likeness (QED) is 0.227. The van der Waals surface area contributed by atoms with Gasteiger partial charge < -0.3 is 18.8 Å². The number of hydrogen-bond donors (Lipinski definition) is 0. The van der Waals surface area contributed by atoms with E-state index in [9.17, 15) is 14.4 Å². The number of rotatable bonds is 8. The van der Waals surface area contributed by atoms with Crippen LogP contribution in [0.15, 0.2) is 88.7 Å². The minimum atomic E-state index is -0.970. The Labute approximate surface area is 239 Å². The van der Waals surface area contributed by atoms with Crippen molar-refractivity contribution in [1.82, 2.24) is 9.88 Å². The predicted molar refractivity (Wildman–Crippen MR) is 154 cm³/mol. The van der Waals surface area contributed by atoms with Crippen LogP contribution in [0.5, 0.6) is 11.5 Å². The first-order chi connectivity index (χ1) is 20.0. The molecule has 2 aromatic heterocycles. The van der Waals surface area contributed by atoms with Crippen LogP contribution in [0.1, 0.15) is 21.7 Å². The van der Waals surface area contributed by atoms with Gasteiger partial charge in [0.15, 0.2) is 17.1 Å². The van der Waals surface area contributed by atoms with E-state index >= 15 is 0 Å². The Balaban J connectivity index is 1.29. The van der Waals surface area contributed by atoms with Gasteiger partial charge in [0.1, 0.15) is 11.6 Å². The van der Waals surface area contributed by atoms with Gasteiger partial charge in [0.25, 0.3) is 11.8 Å². The number of thiophene rings is 1. The lowest BCUT2D eigenvalue weighted by atomic mass is 10.1. The molecule has 1 atom stereocenters. The Hall–Kier alpha value is -4.96. The normalized spacial score (nSPS) is 15.0. The molecule has 1 fully saturated rings. The largest absolute Gasteiger partial charge is 0.493 e. The van der Waals surface area contributed by atoms with Gasteiger partial charge in [0, 0.05) is 16.0 Å². The van der Waals surface area contributed by atoms with Crippen molar-refractivity contribution in [3.63, 3.8) is 0 Å².